The molecule has 1 aliphatic rings. The van der Waals surface area contributed by atoms with Crippen LogP contribution < -0.4 is 0 Å². The SMILES string of the molecule is Oc1cc2c(cc1F)nnn2C1(O)C=CC(c2ccccc2)=CC1. The lowest BCUT2D eigenvalue weighted by atomic mass is 9.95. The Kier molecular flexibility index (Phi) is 3.21. The first-order valence-corrected chi connectivity index (χ1v) is 7.48. The predicted octanol–water partition coefficient (Wildman–Crippen LogP) is 2.96. The quantitative estimate of drug-likeness (QED) is 0.760. The number of fused-ring (bicyclic) bond motifs is 1. The number of hydrogen-bond acceptors (Lipinski definition) is 4. The molecular formula is C18H14FN3O2. The van der Waals surface area contributed by atoms with E-state index >= 15 is 0 Å². The fraction of sp³-hybridized carbons (Fsp3) is 0.111. The molecule has 1 aliphatic carbocycles. The second-order valence-corrected chi connectivity index (χ2v) is 5.74. The van der Waals surface area contributed by atoms with Crippen molar-refractivity contribution in [1.82, 2.24) is 15.0 Å². The summed E-state index contributed by atoms with van der Waals surface area (Å²) < 4.78 is 14.7. The summed E-state index contributed by atoms with van der Waals surface area (Å²) in [7, 11) is 0. The van der Waals surface area contributed by atoms with Crippen molar-refractivity contribution in [2.75, 3.05) is 0 Å². The van der Waals surface area contributed by atoms with Gasteiger partial charge in [-0.25, -0.2) is 9.07 Å². The van der Waals surface area contributed by atoms with Gasteiger partial charge in [-0.2, -0.15) is 0 Å². The van der Waals surface area contributed by atoms with Crippen LogP contribution in [0, 0.1) is 5.82 Å². The molecule has 0 radical (unpaired) electrons. The maximum absolute atomic E-state index is 13.4. The molecule has 2 N–H and O–H groups in total. The minimum absolute atomic E-state index is 0.268. The molecule has 0 aliphatic heterocycles. The minimum atomic E-state index is -1.42. The standard InChI is InChI=1S/C18H14FN3O2/c19-14-10-15-16(11-17(14)23)22(21-20-15)18(24)8-6-13(7-9-18)12-4-2-1-3-5-12/h1-8,10-11,23-24H,9H2. The fourth-order valence-corrected chi connectivity index (χ4v) is 2.84. The normalized spacial score (nSPS) is 20.3. The summed E-state index contributed by atoms with van der Waals surface area (Å²) in [6, 6.07) is 12.1. The molecule has 4 rings (SSSR count). The Hall–Kier alpha value is -2.99. The third-order valence-corrected chi connectivity index (χ3v) is 4.14. The van der Waals surface area contributed by atoms with Crippen LogP contribution in [0.3, 0.4) is 0 Å². The average Bonchev–Trinajstić information content (AvgIpc) is 3.00. The highest BCUT2D eigenvalue weighted by molar-refractivity contribution is 5.78. The topological polar surface area (TPSA) is 71.2 Å². The van der Waals surface area contributed by atoms with E-state index in [2.05, 4.69) is 10.3 Å². The van der Waals surface area contributed by atoms with Crippen molar-refractivity contribution in [2.45, 2.75) is 12.1 Å². The Morgan fingerprint density at radius 1 is 1.17 bits per heavy atom. The molecule has 24 heavy (non-hydrogen) atoms. The number of nitrogens with zero attached hydrogens (tertiary/aromatic N) is 3. The molecule has 0 bridgehead atoms. The van der Waals surface area contributed by atoms with Gasteiger partial charge in [-0.15, -0.1) is 5.10 Å². The van der Waals surface area contributed by atoms with Gasteiger partial charge in [-0.1, -0.05) is 47.7 Å². The van der Waals surface area contributed by atoms with E-state index in [1.54, 1.807) is 6.08 Å². The number of phenolic OH excluding ortho intramolecular Hbond substituents is 1. The predicted molar refractivity (Wildman–Crippen MR) is 87.5 cm³/mol. The molecule has 0 amide bonds. The molecule has 1 aromatic heterocycles. The van der Waals surface area contributed by atoms with Crippen molar-refractivity contribution >= 4 is 16.6 Å². The lowest BCUT2D eigenvalue weighted by molar-refractivity contribution is 0.00619. The zero-order chi connectivity index (χ0) is 16.7. The number of aromatic nitrogens is 3. The van der Waals surface area contributed by atoms with Gasteiger partial charge in [0, 0.05) is 18.6 Å². The van der Waals surface area contributed by atoms with Gasteiger partial charge < -0.3 is 10.2 Å². The summed E-state index contributed by atoms with van der Waals surface area (Å²) in [5.74, 6) is -1.28. The van der Waals surface area contributed by atoms with E-state index < -0.39 is 17.3 Å². The molecule has 2 aromatic carbocycles. The number of benzene rings is 2. The number of halogens is 1. The zero-order valence-electron chi connectivity index (χ0n) is 12.6. The van der Waals surface area contributed by atoms with Crippen LogP contribution in [-0.2, 0) is 5.72 Å². The second-order valence-electron chi connectivity index (χ2n) is 5.74. The molecule has 0 spiro atoms. The Bertz CT molecular complexity index is 979. The molecular weight excluding hydrogens is 309 g/mol. The van der Waals surface area contributed by atoms with Gasteiger partial charge in [0.2, 0.25) is 0 Å². The first kappa shape index (κ1) is 14.6. The first-order valence-electron chi connectivity index (χ1n) is 7.48. The van der Waals surface area contributed by atoms with Gasteiger partial charge >= 0.3 is 0 Å². The first-order chi connectivity index (χ1) is 11.6. The Morgan fingerprint density at radius 2 is 1.96 bits per heavy atom. The summed E-state index contributed by atoms with van der Waals surface area (Å²) in [5, 5.41) is 28.3. The highest BCUT2D eigenvalue weighted by atomic mass is 19.1. The van der Waals surface area contributed by atoms with Crippen molar-refractivity contribution < 1.29 is 14.6 Å². The van der Waals surface area contributed by atoms with Gasteiger partial charge in [-0.3, -0.25) is 0 Å². The Morgan fingerprint density at radius 3 is 2.67 bits per heavy atom. The van der Waals surface area contributed by atoms with Gasteiger partial charge in [0.1, 0.15) is 5.52 Å². The van der Waals surface area contributed by atoms with Crippen LogP contribution in [0.5, 0.6) is 5.75 Å². The van der Waals surface area contributed by atoms with E-state index in [4.69, 9.17) is 0 Å². The molecule has 0 fully saturated rings. The van der Waals surface area contributed by atoms with Crippen molar-refractivity contribution in [3.63, 3.8) is 0 Å². The number of aliphatic hydroxyl groups is 1. The minimum Gasteiger partial charge on any atom is -0.505 e. The monoisotopic (exact) mass is 323 g/mol. The van der Waals surface area contributed by atoms with Crippen LogP contribution in [0.15, 0.2) is 60.7 Å². The number of aromatic hydroxyl groups is 1. The molecule has 1 unspecified atom stereocenters. The van der Waals surface area contributed by atoms with Crippen LogP contribution in [0.25, 0.3) is 16.6 Å². The number of allylic oxidation sites excluding steroid dienone is 2. The fourth-order valence-electron chi connectivity index (χ4n) is 2.84. The van der Waals surface area contributed by atoms with Gasteiger partial charge in [-0.05, 0) is 17.2 Å². The highest BCUT2D eigenvalue weighted by Gasteiger charge is 2.31. The lowest BCUT2D eigenvalue weighted by Crippen LogP contribution is -2.33. The van der Waals surface area contributed by atoms with Crippen molar-refractivity contribution in [3.05, 3.63) is 72.1 Å². The number of hydrogen-bond donors (Lipinski definition) is 2. The van der Waals surface area contributed by atoms with Crippen LogP contribution in [0.2, 0.25) is 0 Å². The molecule has 5 nitrogen and oxygen atoms in total. The van der Waals surface area contributed by atoms with Gasteiger partial charge in [0.25, 0.3) is 0 Å². The molecule has 6 heteroatoms. The zero-order valence-corrected chi connectivity index (χ0v) is 12.6. The van der Waals surface area contributed by atoms with Crippen LogP contribution in [0.4, 0.5) is 4.39 Å². The number of rotatable bonds is 2. The largest absolute Gasteiger partial charge is 0.505 e. The molecule has 3 aromatic rings. The molecule has 1 atom stereocenters. The van der Waals surface area contributed by atoms with Crippen molar-refractivity contribution in [1.29, 1.82) is 0 Å². The molecule has 0 saturated heterocycles. The summed E-state index contributed by atoms with van der Waals surface area (Å²) in [4.78, 5) is 0. The van der Waals surface area contributed by atoms with Crippen LogP contribution in [0.1, 0.15) is 12.0 Å². The molecule has 120 valence electrons. The van der Waals surface area contributed by atoms with E-state index in [-0.39, 0.29) is 11.9 Å². The van der Waals surface area contributed by atoms with E-state index in [1.807, 2.05) is 42.5 Å². The third kappa shape index (κ3) is 2.28. The maximum atomic E-state index is 13.4. The van der Waals surface area contributed by atoms with E-state index in [0.717, 1.165) is 17.2 Å². The summed E-state index contributed by atoms with van der Waals surface area (Å²) in [6.07, 6.45) is 5.64. The summed E-state index contributed by atoms with van der Waals surface area (Å²) in [6.45, 7) is 0. The Labute approximate surface area is 137 Å². The van der Waals surface area contributed by atoms with E-state index in [9.17, 15) is 14.6 Å². The van der Waals surface area contributed by atoms with E-state index in [1.165, 1.54) is 10.7 Å². The summed E-state index contributed by atoms with van der Waals surface area (Å²) >= 11 is 0. The van der Waals surface area contributed by atoms with Crippen LogP contribution >= 0.6 is 0 Å². The highest BCUT2D eigenvalue weighted by Crippen LogP contribution is 2.33. The summed E-state index contributed by atoms with van der Waals surface area (Å²) in [5.41, 5.74) is 1.26. The van der Waals surface area contributed by atoms with Gasteiger partial charge in [0.15, 0.2) is 17.3 Å². The van der Waals surface area contributed by atoms with E-state index in [0.29, 0.717) is 5.52 Å². The molecule has 0 saturated carbocycles. The number of phenols is 1. The maximum Gasteiger partial charge on any atom is 0.183 e. The average molecular weight is 323 g/mol. The van der Waals surface area contributed by atoms with Gasteiger partial charge in [0.05, 0.1) is 5.52 Å². The second kappa shape index (κ2) is 5.28. The smallest absolute Gasteiger partial charge is 0.183 e. The third-order valence-electron chi connectivity index (χ3n) is 4.14. The Balaban J connectivity index is 1.72. The van der Waals surface area contributed by atoms with Crippen molar-refractivity contribution in [3.8, 4) is 5.75 Å². The van der Waals surface area contributed by atoms with Crippen molar-refractivity contribution in [2.24, 2.45) is 0 Å². The van der Waals surface area contributed by atoms with Crippen LogP contribution in [-0.4, -0.2) is 25.2 Å². The lowest BCUT2D eigenvalue weighted by Gasteiger charge is -2.27. The molecule has 1 heterocycles.